The Bertz CT molecular complexity index is 1090. The van der Waals surface area contributed by atoms with Gasteiger partial charge in [-0.3, -0.25) is 14.4 Å². The van der Waals surface area contributed by atoms with Crippen molar-refractivity contribution in [3.05, 3.63) is 93.9 Å². The molecule has 28 heavy (non-hydrogen) atoms. The van der Waals surface area contributed by atoms with E-state index in [2.05, 4.69) is 5.32 Å². The van der Waals surface area contributed by atoms with Gasteiger partial charge >= 0.3 is 0 Å². The normalized spacial score (nSPS) is 10.4. The first-order valence-corrected chi connectivity index (χ1v) is 8.72. The molecular weight excluding hydrogens is 356 g/mol. The van der Waals surface area contributed by atoms with Crippen LogP contribution < -0.4 is 15.6 Å². The van der Waals surface area contributed by atoms with Gasteiger partial charge in [0.05, 0.1) is 19.2 Å². The second-order valence-electron chi connectivity index (χ2n) is 6.33. The van der Waals surface area contributed by atoms with Crippen molar-refractivity contribution in [3.8, 4) is 5.75 Å². The van der Waals surface area contributed by atoms with Crippen LogP contribution in [-0.4, -0.2) is 23.4 Å². The maximum Gasteiger partial charge on any atom is 0.257 e. The summed E-state index contributed by atoms with van der Waals surface area (Å²) in [5.74, 6) is 0.257. The molecule has 0 spiro atoms. The summed E-state index contributed by atoms with van der Waals surface area (Å²) in [6, 6.07) is 16.9. The first-order chi connectivity index (χ1) is 13.5. The minimum atomic E-state index is -0.361. The first-order valence-electron chi connectivity index (χ1n) is 8.72. The first kappa shape index (κ1) is 19.1. The summed E-state index contributed by atoms with van der Waals surface area (Å²) in [4.78, 5) is 36.3. The lowest BCUT2D eigenvalue weighted by molar-refractivity contribution is 0.101. The molecule has 1 aromatic heterocycles. The second kappa shape index (κ2) is 8.35. The zero-order valence-electron chi connectivity index (χ0n) is 15.6. The van der Waals surface area contributed by atoms with E-state index in [0.29, 0.717) is 29.1 Å². The number of rotatable bonds is 6. The number of hydrogen-bond donors (Lipinski definition) is 1. The molecule has 0 aliphatic carbocycles. The quantitative estimate of drug-likeness (QED) is 0.669. The maximum absolute atomic E-state index is 12.6. The van der Waals surface area contributed by atoms with Crippen molar-refractivity contribution in [2.75, 3.05) is 12.4 Å². The Labute approximate surface area is 162 Å². The molecule has 0 saturated heterocycles. The number of nitrogens with one attached hydrogen (secondary N) is 1. The Kier molecular flexibility index (Phi) is 5.69. The van der Waals surface area contributed by atoms with Crippen molar-refractivity contribution in [2.45, 2.75) is 13.5 Å². The minimum absolute atomic E-state index is 0.0806. The van der Waals surface area contributed by atoms with Crippen molar-refractivity contribution in [3.63, 3.8) is 0 Å². The molecule has 0 saturated carbocycles. The molecule has 0 bridgehead atoms. The summed E-state index contributed by atoms with van der Waals surface area (Å²) in [7, 11) is 1.58. The highest BCUT2D eigenvalue weighted by Gasteiger charge is 2.10. The Morgan fingerprint density at radius 3 is 2.54 bits per heavy atom. The van der Waals surface area contributed by atoms with Crippen molar-refractivity contribution >= 4 is 17.4 Å². The predicted molar refractivity (Wildman–Crippen MR) is 107 cm³/mol. The molecule has 2 aromatic carbocycles. The van der Waals surface area contributed by atoms with Crippen molar-refractivity contribution in [1.82, 2.24) is 4.57 Å². The van der Waals surface area contributed by atoms with Crippen LogP contribution in [0.15, 0.2) is 71.7 Å². The van der Waals surface area contributed by atoms with Crippen LogP contribution in [0.4, 0.5) is 5.69 Å². The highest BCUT2D eigenvalue weighted by Crippen LogP contribution is 2.15. The number of nitrogens with zero attached hydrogens (tertiary/aromatic N) is 1. The minimum Gasteiger partial charge on any atom is -0.497 e. The van der Waals surface area contributed by atoms with E-state index in [1.807, 2.05) is 24.3 Å². The Morgan fingerprint density at radius 1 is 1.00 bits per heavy atom. The fourth-order valence-corrected chi connectivity index (χ4v) is 2.78. The van der Waals surface area contributed by atoms with Crippen LogP contribution in [0, 0.1) is 0 Å². The van der Waals surface area contributed by atoms with Gasteiger partial charge in [-0.2, -0.15) is 0 Å². The third-order valence-corrected chi connectivity index (χ3v) is 4.26. The lowest BCUT2D eigenvalue weighted by atomic mass is 10.1. The van der Waals surface area contributed by atoms with E-state index in [-0.39, 0.29) is 17.2 Å². The van der Waals surface area contributed by atoms with E-state index in [1.54, 1.807) is 31.4 Å². The van der Waals surface area contributed by atoms with Crippen LogP contribution in [0.3, 0.4) is 0 Å². The number of pyridine rings is 1. The summed E-state index contributed by atoms with van der Waals surface area (Å²) in [5, 5.41) is 2.76. The molecule has 1 amide bonds. The second-order valence-corrected chi connectivity index (χ2v) is 6.33. The van der Waals surface area contributed by atoms with Gasteiger partial charge in [0.15, 0.2) is 5.78 Å². The van der Waals surface area contributed by atoms with Gasteiger partial charge in [0.2, 0.25) is 0 Å². The molecule has 0 radical (unpaired) electrons. The Morgan fingerprint density at radius 2 is 1.79 bits per heavy atom. The van der Waals surface area contributed by atoms with E-state index in [1.165, 1.54) is 29.8 Å². The molecule has 1 N–H and O–H groups in total. The van der Waals surface area contributed by atoms with Crippen LogP contribution in [0.1, 0.15) is 33.2 Å². The number of carbonyl (C=O) groups excluding carboxylic acids is 2. The zero-order valence-corrected chi connectivity index (χ0v) is 15.6. The third kappa shape index (κ3) is 4.54. The summed E-state index contributed by atoms with van der Waals surface area (Å²) >= 11 is 0. The summed E-state index contributed by atoms with van der Waals surface area (Å²) in [5.41, 5.74) is 2.05. The molecule has 3 aromatic rings. The number of ketones is 1. The van der Waals surface area contributed by atoms with Crippen LogP contribution >= 0.6 is 0 Å². The highest BCUT2D eigenvalue weighted by atomic mass is 16.5. The predicted octanol–water partition coefficient (Wildman–Crippen LogP) is 3.36. The molecule has 0 aliphatic rings. The van der Waals surface area contributed by atoms with Gasteiger partial charge in [0.25, 0.3) is 11.5 Å². The topological polar surface area (TPSA) is 77.4 Å². The van der Waals surface area contributed by atoms with E-state index in [0.717, 1.165) is 5.56 Å². The molecule has 0 fully saturated rings. The molecular formula is C22H20N2O4. The highest BCUT2D eigenvalue weighted by molar-refractivity contribution is 6.04. The van der Waals surface area contributed by atoms with Crippen molar-refractivity contribution in [1.29, 1.82) is 0 Å². The number of methoxy groups -OCH3 is 1. The standard InChI is InChI=1S/C22H20N2O4/c1-15(25)17-6-4-7-19(12-17)23-22(27)18-9-10-21(26)24(14-18)13-16-5-3-8-20(11-16)28-2/h3-12,14H,13H2,1-2H3,(H,23,27). The zero-order chi connectivity index (χ0) is 20.1. The number of Topliss-reactive ketones (excluding diaryl/α,β-unsaturated/α-hetero) is 1. The molecule has 6 heteroatoms. The average Bonchev–Trinajstić information content (AvgIpc) is 2.70. The van der Waals surface area contributed by atoms with Crippen LogP contribution in [0.2, 0.25) is 0 Å². The van der Waals surface area contributed by atoms with Crippen molar-refractivity contribution < 1.29 is 14.3 Å². The van der Waals surface area contributed by atoms with Gasteiger partial charge in [-0.15, -0.1) is 0 Å². The number of benzene rings is 2. The number of aromatic nitrogens is 1. The van der Waals surface area contributed by atoms with Gasteiger partial charge in [-0.25, -0.2) is 0 Å². The average molecular weight is 376 g/mol. The van der Waals surface area contributed by atoms with Gasteiger partial charge in [0.1, 0.15) is 5.75 Å². The fraction of sp³-hybridized carbons (Fsp3) is 0.136. The Hall–Kier alpha value is -3.67. The van der Waals surface area contributed by atoms with Gasteiger partial charge in [-0.05, 0) is 42.8 Å². The fourth-order valence-electron chi connectivity index (χ4n) is 2.78. The number of carbonyl (C=O) groups is 2. The van der Waals surface area contributed by atoms with Gasteiger partial charge < -0.3 is 14.6 Å². The molecule has 1 heterocycles. The molecule has 6 nitrogen and oxygen atoms in total. The molecule has 3 rings (SSSR count). The number of hydrogen-bond acceptors (Lipinski definition) is 4. The number of ether oxygens (including phenoxy) is 1. The van der Waals surface area contributed by atoms with Gasteiger partial charge in [-0.1, -0.05) is 24.3 Å². The molecule has 142 valence electrons. The molecule has 0 unspecified atom stereocenters. The van der Waals surface area contributed by atoms with Crippen molar-refractivity contribution in [2.24, 2.45) is 0 Å². The SMILES string of the molecule is COc1cccc(Cn2cc(C(=O)Nc3cccc(C(C)=O)c3)ccc2=O)c1. The van der Waals surface area contributed by atoms with Crippen LogP contribution in [-0.2, 0) is 6.54 Å². The van der Waals surface area contributed by atoms with E-state index >= 15 is 0 Å². The lowest BCUT2D eigenvalue weighted by Gasteiger charge is -2.10. The smallest absolute Gasteiger partial charge is 0.257 e. The Balaban J connectivity index is 1.82. The van der Waals surface area contributed by atoms with Crippen LogP contribution in [0.5, 0.6) is 5.75 Å². The van der Waals surface area contributed by atoms with E-state index in [4.69, 9.17) is 4.74 Å². The number of amides is 1. The summed E-state index contributed by atoms with van der Waals surface area (Å²) in [6.07, 6.45) is 1.52. The third-order valence-electron chi connectivity index (χ3n) is 4.26. The number of anilines is 1. The monoisotopic (exact) mass is 376 g/mol. The largest absolute Gasteiger partial charge is 0.497 e. The summed E-state index contributed by atoms with van der Waals surface area (Å²) < 4.78 is 6.67. The maximum atomic E-state index is 12.6. The van der Waals surface area contributed by atoms with E-state index in [9.17, 15) is 14.4 Å². The van der Waals surface area contributed by atoms with E-state index < -0.39 is 0 Å². The molecule has 0 atom stereocenters. The van der Waals surface area contributed by atoms with Gasteiger partial charge in [0, 0.05) is 23.5 Å². The lowest BCUT2D eigenvalue weighted by Crippen LogP contribution is -2.22. The molecule has 0 aliphatic heterocycles. The summed E-state index contributed by atoms with van der Waals surface area (Å²) in [6.45, 7) is 1.78. The van der Waals surface area contributed by atoms with Crippen LogP contribution in [0.25, 0.3) is 0 Å².